The zero-order valence-electron chi connectivity index (χ0n) is 18.3. The Labute approximate surface area is 194 Å². The Morgan fingerprint density at radius 3 is 2.44 bits per heavy atom. The predicted molar refractivity (Wildman–Crippen MR) is 117 cm³/mol. The van der Waals surface area contributed by atoms with Gasteiger partial charge in [-0.1, -0.05) is 18.2 Å². The Hall–Kier alpha value is -2.50. The van der Waals surface area contributed by atoms with Crippen LogP contribution in [0.5, 0.6) is 0 Å². The first kappa shape index (κ1) is 24.6. The summed E-state index contributed by atoms with van der Waals surface area (Å²) < 4.78 is 89.8. The third-order valence-corrected chi connectivity index (χ3v) is 7.60. The molecule has 2 aromatic carbocycles. The topological polar surface area (TPSA) is 75.7 Å². The van der Waals surface area contributed by atoms with E-state index >= 15 is 4.39 Å². The Bertz CT molecular complexity index is 1170. The van der Waals surface area contributed by atoms with Crippen LogP contribution in [0.25, 0.3) is 11.1 Å². The number of hydrogen-bond acceptors (Lipinski definition) is 4. The van der Waals surface area contributed by atoms with Gasteiger partial charge in [0.25, 0.3) is 5.91 Å². The van der Waals surface area contributed by atoms with E-state index in [-0.39, 0.29) is 35.4 Å². The minimum Gasteiger partial charge on any atom is -0.368 e. The van der Waals surface area contributed by atoms with Gasteiger partial charge in [-0.15, -0.1) is 0 Å². The van der Waals surface area contributed by atoms with Crippen LogP contribution in [0.15, 0.2) is 36.4 Å². The number of carbonyl (C=O) groups excluding carboxylic acids is 1. The van der Waals surface area contributed by atoms with Gasteiger partial charge in [0.1, 0.15) is 29.7 Å². The normalized spacial score (nSPS) is 24.8. The zero-order chi connectivity index (χ0) is 24.6. The molecule has 0 spiro atoms. The van der Waals surface area contributed by atoms with E-state index in [1.165, 1.54) is 30.0 Å². The number of ether oxygens (including phenoxy) is 1. The molecule has 11 heteroatoms. The van der Waals surface area contributed by atoms with Crippen molar-refractivity contribution in [2.75, 3.05) is 18.9 Å². The minimum absolute atomic E-state index is 0.0225. The average molecular weight is 501 g/mol. The van der Waals surface area contributed by atoms with E-state index in [9.17, 15) is 26.4 Å². The van der Waals surface area contributed by atoms with E-state index in [4.69, 9.17) is 4.74 Å². The fourth-order valence-corrected chi connectivity index (χ4v) is 5.20. The van der Waals surface area contributed by atoms with Gasteiger partial charge >= 0.3 is 0 Å². The van der Waals surface area contributed by atoms with Crippen molar-refractivity contribution in [1.82, 2.24) is 9.62 Å². The Balaban J connectivity index is 1.69. The van der Waals surface area contributed by atoms with Gasteiger partial charge in [0, 0.05) is 18.1 Å². The maximum Gasteiger partial charge on any atom is 0.252 e. The van der Waals surface area contributed by atoms with Gasteiger partial charge in [-0.05, 0) is 36.6 Å². The third-order valence-electron chi connectivity index (χ3n) is 6.21. The predicted octanol–water partition coefficient (Wildman–Crippen LogP) is 2.96. The quantitative estimate of drug-likeness (QED) is 0.594. The molecule has 2 aliphatic heterocycles. The molecule has 0 bridgehead atoms. The highest BCUT2D eigenvalue weighted by Gasteiger charge is 2.48. The molecule has 2 fully saturated rings. The summed E-state index contributed by atoms with van der Waals surface area (Å²) in [5, 5.41) is 0. The fraction of sp³-hybridized carbons (Fsp3) is 0.435. The van der Waals surface area contributed by atoms with Crippen LogP contribution in [-0.2, 0) is 26.0 Å². The summed E-state index contributed by atoms with van der Waals surface area (Å²) in [4.78, 5) is 14.1. The lowest BCUT2D eigenvalue weighted by Crippen LogP contribution is -2.53. The summed E-state index contributed by atoms with van der Waals surface area (Å²) in [6.45, 7) is 1.42. The van der Waals surface area contributed by atoms with Crippen LogP contribution in [0.4, 0.5) is 17.6 Å². The highest BCUT2D eigenvalue weighted by atomic mass is 32.2. The van der Waals surface area contributed by atoms with E-state index in [1.54, 1.807) is 0 Å². The second kappa shape index (κ2) is 9.63. The average Bonchev–Trinajstić information content (AvgIpc) is 3.02. The van der Waals surface area contributed by atoms with E-state index in [2.05, 4.69) is 4.72 Å². The zero-order valence-corrected chi connectivity index (χ0v) is 19.1. The molecule has 1 N–H and O–H groups in total. The van der Waals surface area contributed by atoms with Crippen LogP contribution in [0.3, 0.4) is 0 Å². The van der Waals surface area contributed by atoms with Crippen molar-refractivity contribution in [1.29, 1.82) is 0 Å². The molecular formula is C23H24F4N2O4S. The van der Waals surface area contributed by atoms with Crippen molar-refractivity contribution >= 4 is 15.9 Å². The molecule has 2 aromatic rings. The fourth-order valence-electron chi connectivity index (χ4n) is 4.32. The number of rotatable bonds is 7. The van der Waals surface area contributed by atoms with E-state index in [0.29, 0.717) is 19.1 Å². The molecule has 1 amide bonds. The van der Waals surface area contributed by atoms with Crippen LogP contribution in [0.2, 0.25) is 0 Å². The van der Waals surface area contributed by atoms with Crippen LogP contribution < -0.4 is 4.72 Å². The lowest BCUT2D eigenvalue weighted by Gasteiger charge is -2.34. The van der Waals surface area contributed by atoms with Gasteiger partial charge in [0.2, 0.25) is 10.0 Å². The lowest BCUT2D eigenvalue weighted by molar-refractivity contribution is -0.157. The van der Waals surface area contributed by atoms with Crippen LogP contribution >= 0.6 is 0 Å². The molecule has 0 radical (unpaired) electrons. The van der Waals surface area contributed by atoms with Crippen LogP contribution in [-0.4, -0.2) is 62.5 Å². The first-order valence-corrected chi connectivity index (χ1v) is 12.5. The van der Waals surface area contributed by atoms with Crippen molar-refractivity contribution < 1.29 is 35.5 Å². The number of nitrogens with one attached hydrogen (secondary N) is 1. The van der Waals surface area contributed by atoms with E-state index in [1.807, 2.05) is 0 Å². The minimum atomic E-state index is -3.83. The molecule has 34 heavy (non-hydrogen) atoms. The number of benzene rings is 2. The van der Waals surface area contributed by atoms with Crippen LogP contribution in [0.1, 0.15) is 18.9 Å². The summed E-state index contributed by atoms with van der Waals surface area (Å²) in [7, 11) is -3.83. The summed E-state index contributed by atoms with van der Waals surface area (Å²) in [5.74, 6) is -3.32. The van der Waals surface area contributed by atoms with Gasteiger partial charge in [-0.2, -0.15) is 0 Å². The summed E-state index contributed by atoms with van der Waals surface area (Å²) >= 11 is 0. The van der Waals surface area contributed by atoms with Crippen molar-refractivity contribution in [2.45, 2.75) is 44.1 Å². The third kappa shape index (κ3) is 4.96. The van der Waals surface area contributed by atoms with Gasteiger partial charge in [-0.3, -0.25) is 4.79 Å². The largest absolute Gasteiger partial charge is 0.368 e. The molecule has 2 heterocycles. The molecule has 6 nitrogen and oxygen atoms in total. The Morgan fingerprint density at radius 1 is 1.18 bits per heavy atom. The number of likely N-dealkylation sites (tertiary alicyclic amines) is 1. The first-order chi connectivity index (χ1) is 16.1. The number of sulfonamides is 1. The lowest BCUT2D eigenvalue weighted by atomic mass is 9.95. The Kier molecular flexibility index (Phi) is 6.97. The van der Waals surface area contributed by atoms with Gasteiger partial charge in [0.15, 0.2) is 0 Å². The molecule has 4 rings (SSSR count). The van der Waals surface area contributed by atoms with E-state index in [0.717, 1.165) is 12.1 Å². The molecule has 2 aliphatic rings. The maximum atomic E-state index is 15.5. The number of amides is 1. The number of hydrogen-bond donors (Lipinski definition) is 1. The molecule has 0 aliphatic carbocycles. The van der Waals surface area contributed by atoms with Crippen molar-refractivity contribution in [3.63, 3.8) is 0 Å². The second-order valence-corrected chi connectivity index (χ2v) is 10.5. The highest BCUT2D eigenvalue weighted by molar-refractivity contribution is 7.89. The van der Waals surface area contributed by atoms with Crippen LogP contribution in [0, 0.1) is 17.5 Å². The van der Waals surface area contributed by atoms with E-state index < -0.39 is 57.7 Å². The summed E-state index contributed by atoms with van der Waals surface area (Å²) in [6.07, 6.45) is -2.21. The smallest absolute Gasteiger partial charge is 0.252 e. The number of alkyl halides is 1. The molecule has 184 valence electrons. The maximum absolute atomic E-state index is 15.5. The molecule has 0 saturated carbocycles. The highest BCUT2D eigenvalue weighted by Crippen LogP contribution is 2.32. The van der Waals surface area contributed by atoms with Gasteiger partial charge < -0.3 is 9.64 Å². The number of nitrogens with zero attached hydrogens (tertiary/aromatic N) is 1. The van der Waals surface area contributed by atoms with Crippen molar-refractivity contribution in [3.8, 4) is 11.1 Å². The van der Waals surface area contributed by atoms with Crippen molar-refractivity contribution in [2.24, 2.45) is 0 Å². The summed E-state index contributed by atoms with van der Waals surface area (Å²) in [6, 6.07) is 4.56. The molecular weight excluding hydrogens is 476 g/mol. The Morgan fingerprint density at radius 2 is 1.85 bits per heavy atom. The molecule has 1 unspecified atom stereocenters. The van der Waals surface area contributed by atoms with Gasteiger partial charge in [0.05, 0.1) is 31.0 Å². The number of carbonyl (C=O) groups is 1. The second-order valence-electron chi connectivity index (χ2n) is 8.41. The standard InChI is InChI=1S/C23H24F4N2O4S/c1-2-34(31,32)28-22-18(26)12-29(23(30)20-6-7-33-20)19(22)10-13-4-3-5-17(21(13)27)14-8-15(24)11-16(25)9-14/h3-5,8-9,11,18-20,22,28H,2,6-7,10,12H2,1H3/t18-,19-,20?,22-/m0/s1. The number of halogens is 4. The van der Waals surface area contributed by atoms with Gasteiger partial charge in [-0.25, -0.2) is 30.7 Å². The van der Waals surface area contributed by atoms with Crippen molar-refractivity contribution in [3.05, 3.63) is 59.4 Å². The SMILES string of the molecule is CCS(=O)(=O)N[C@H]1[C@@H](F)CN(C(=O)C2CCO2)[C@H]1Cc1cccc(-c2cc(F)cc(F)c2)c1F. The monoisotopic (exact) mass is 500 g/mol. The molecule has 4 atom stereocenters. The molecule has 2 saturated heterocycles. The summed E-state index contributed by atoms with van der Waals surface area (Å²) in [5.41, 5.74) is -0.0449. The molecule has 0 aromatic heterocycles. The first-order valence-electron chi connectivity index (χ1n) is 10.9.